The lowest BCUT2D eigenvalue weighted by molar-refractivity contribution is -0.120. The Morgan fingerprint density at radius 2 is 2.25 bits per heavy atom. The molecule has 1 amide bonds. The summed E-state index contributed by atoms with van der Waals surface area (Å²) in [5.74, 6) is 0.720. The second-order valence-corrected chi connectivity index (χ2v) is 3.52. The number of carbonyl (C=O) groups is 1. The highest BCUT2D eigenvalue weighted by Crippen LogP contribution is 2.17. The zero-order valence-electron chi connectivity index (χ0n) is 9.71. The molecular formula is C11H18N4O. The maximum absolute atomic E-state index is 11.0. The number of aromatic nitrogens is 1. The fourth-order valence-electron chi connectivity index (χ4n) is 1.22. The van der Waals surface area contributed by atoms with Crippen LogP contribution in [-0.4, -0.2) is 24.0 Å². The summed E-state index contributed by atoms with van der Waals surface area (Å²) >= 11 is 0. The van der Waals surface area contributed by atoms with Gasteiger partial charge in [-0.3, -0.25) is 4.79 Å². The third-order valence-electron chi connectivity index (χ3n) is 2.27. The first-order chi connectivity index (χ1) is 7.65. The van der Waals surface area contributed by atoms with E-state index in [9.17, 15) is 4.79 Å². The molecule has 88 valence electrons. The molecule has 0 fully saturated rings. The second-order valence-electron chi connectivity index (χ2n) is 3.52. The van der Waals surface area contributed by atoms with Crippen molar-refractivity contribution in [2.75, 3.05) is 24.1 Å². The molecule has 1 rings (SSSR count). The van der Waals surface area contributed by atoms with Gasteiger partial charge in [-0.2, -0.15) is 0 Å². The van der Waals surface area contributed by atoms with E-state index < -0.39 is 0 Å². The minimum Gasteiger partial charge on any atom is -0.396 e. The van der Waals surface area contributed by atoms with Crippen LogP contribution in [0.25, 0.3) is 0 Å². The molecule has 0 unspecified atom stereocenters. The molecule has 1 aromatic rings. The van der Waals surface area contributed by atoms with E-state index in [1.165, 1.54) is 0 Å². The van der Waals surface area contributed by atoms with Gasteiger partial charge in [0.15, 0.2) is 0 Å². The Balaban J connectivity index is 2.38. The van der Waals surface area contributed by atoms with E-state index in [1.54, 1.807) is 6.20 Å². The third-order valence-corrected chi connectivity index (χ3v) is 2.27. The summed E-state index contributed by atoms with van der Waals surface area (Å²) in [4.78, 5) is 15.1. The number of aryl methyl sites for hydroxylation is 1. The number of nitrogens with zero attached hydrogens (tertiary/aromatic N) is 1. The number of amides is 1. The van der Waals surface area contributed by atoms with E-state index in [0.29, 0.717) is 31.0 Å². The lowest BCUT2D eigenvalue weighted by atomic mass is 10.2. The molecule has 0 saturated carbocycles. The lowest BCUT2D eigenvalue weighted by Crippen LogP contribution is -2.28. The van der Waals surface area contributed by atoms with Gasteiger partial charge >= 0.3 is 0 Å². The zero-order chi connectivity index (χ0) is 12.0. The van der Waals surface area contributed by atoms with Gasteiger partial charge in [-0.25, -0.2) is 4.98 Å². The van der Waals surface area contributed by atoms with E-state index in [4.69, 9.17) is 5.73 Å². The minimum atomic E-state index is 0.0481. The molecule has 4 N–H and O–H groups in total. The molecule has 0 radical (unpaired) electrons. The van der Waals surface area contributed by atoms with E-state index in [-0.39, 0.29) is 5.91 Å². The fourth-order valence-corrected chi connectivity index (χ4v) is 1.22. The minimum absolute atomic E-state index is 0.0481. The number of hydrogen-bond acceptors (Lipinski definition) is 4. The Bertz CT molecular complexity index is 365. The van der Waals surface area contributed by atoms with Gasteiger partial charge in [-0.05, 0) is 18.6 Å². The number of nitrogen functional groups attached to an aromatic ring is 1. The summed E-state index contributed by atoms with van der Waals surface area (Å²) in [5.41, 5.74) is 7.49. The van der Waals surface area contributed by atoms with E-state index >= 15 is 0 Å². The summed E-state index contributed by atoms with van der Waals surface area (Å²) in [6.45, 7) is 4.94. The Labute approximate surface area is 95.4 Å². The van der Waals surface area contributed by atoms with Crippen molar-refractivity contribution in [3.05, 3.63) is 17.8 Å². The standard InChI is InChI=1S/C11H18N4O/c1-3-9(16)13-6-7-15-11-10(12)8(2)4-5-14-11/h4-5H,3,6-7,12H2,1-2H3,(H,13,16)(H,14,15). The maximum atomic E-state index is 11.0. The molecule has 5 nitrogen and oxygen atoms in total. The highest BCUT2D eigenvalue weighted by atomic mass is 16.1. The fraction of sp³-hybridized carbons (Fsp3) is 0.455. The molecule has 0 spiro atoms. The molecule has 1 aromatic heterocycles. The van der Waals surface area contributed by atoms with Crippen molar-refractivity contribution in [3.8, 4) is 0 Å². The van der Waals surface area contributed by atoms with Gasteiger partial charge < -0.3 is 16.4 Å². The molecule has 0 saturated heterocycles. The summed E-state index contributed by atoms with van der Waals surface area (Å²) in [5, 5.41) is 5.85. The van der Waals surface area contributed by atoms with Crippen LogP contribution in [0.4, 0.5) is 11.5 Å². The smallest absolute Gasteiger partial charge is 0.219 e. The van der Waals surface area contributed by atoms with Crippen LogP contribution in [0.1, 0.15) is 18.9 Å². The Morgan fingerprint density at radius 1 is 1.50 bits per heavy atom. The van der Waals surface area contributed by atoms with Crippen LogP contribution < -0.4 is 16.4 Å². The molecule has 5 heteroatoms. The summed E-state index contributed by atoms with van der Waals surface area (Å²) in [7, 11) is 0. The Hall–Kier alpha value is -1.78. The van der Waals surface area contributed by atoms with Crippen molar-refractivity contribution in [1.82, 2.24) is 10.3 Å². The molecule has 16 heavy (non-hydrogen) atoms. The average Bonchev–Trinajstić information content (AvgIpc) is 2.29. The van der Waals surface area contributed by atoms with Gasteiger partial charge in [0.05, 0.1) is 5.69 Å². The number of carbonyl (C=O) groups excluding carboxylic acids is 1. The van der Waals surface area contributed by atoms with Crippen LogP contribution in [0.5, 0.6) is 0 Å². The van der Waals surface area contributed by atoms with Crippen molar-refractivity contribution in [1.29, 1.82) is 0 Å². The largest absolute Gasteiger partial charge is 0.396 e. The van der Waals surface area contributed by atoms with E-state index in [0.717, 1.165) is 5.56 Å². The average molecular weight is 222 g/mol. The predicted octanol–water partition coefficient (Wildman–Crippen LogP) is 0.910. The van der Waals surface area contributed by atoms with E-state index in [1.807, 2.05) is 19.9 Å². The number of pyridine rings is 1. The van der Waals surface area contributed by atoms with Crippen molar-refractivity contribution < 1.29 is 4.79 Å². The molecule has 0 aliphatic rings. The van der Waals surface area contributed by atoms with Crippen LogP contribution >= 0.6 is 0 Å². The monoisotopic (exact) mass is 222 g/mol. The Morgan fingerprint density at radius 3 is 2.94 bits per heavy atom. The molecule has 0 aromatic carbocycles. The van der Waals surface area contributed by atoms with Gasteiger partial charge in [-0.1, -0.05) is 6.92 Å². The van der Waals surface area contributed by atoms with Gasteiger partial charge in [0.1, 0.15) is 5.82 Å². The SMILES string of the molecule is CCC(=O)NCCNc1nccc(C)c1N. The first-order valence-electron chi connectivity index (χ1n) is 5.36. The van der Waals surface area contributed by atoms with Crippen LogP contribution in [0, 0.1) is 6.92 Å². The third kappa shape index (κ3) is 3.42. The summed E-state index contributed by atoms with van der Waals surface area (Å²) in [6.07, 6.45) is 2.21. The van der Waals surface area contributed by atoms with Crippen molar-refractivity contribution in [2.24, 2.45) is 0 Å². The predicted molar refractivity (Wildman–Crippen MR) is 65.2 cm³/mol. The van der Waals surface area contributed by atoms with Crippen molar-refractivity contribution in [3.63, 3.8) is 0 Å². The number of nitrogens with one attached hydrogen (secondary N) is 2. The van der Waals surface area contributed by atoms with Crippen LogP contribution in [0.3, 0.4) is 0 Å². The number of hydrogen-bond donors (Lipinski definition) is 3. The number of rotatable bonds is 5. The summed E-state index contributed by atoms with van der Waals surface area (Å²) in [6, 6.07) is 1.86. The molecule has 1 heterocycles. The zero-order valence-corrected chi connectivity index (χ0v) is 9.71. The van der Waals surface area contributed by atoms with Gasteiger partial charge in [0.25, 0.3) is 0 Å². The van der Waals surface area contributed by atoms with Crippen molar-refractivity contribution in [2.45, 2.75) is 20.3 Å². The van der Waals surface area contributed by atoms with Crippen LogP contribution in [-0.2, 0) is 4.79 Å². The normalized spacial score (nSPS) is 9.88. The van der Waals surface area contributed by atoms with E-state index in [2.05, 4.69) is 15.6 Å². The van der Waals surface area contributed by atoms with Crippen LogP contribution in [0.2, 0.25) is 0 Å². The highest BCUT2D eigenvalue weighted by molar-refractivity contribution is 5.75. The number of nitrogens with two attached hydrogens (primary N) is 1. The van der Waals surface area contributed by atoms with Gasteiger partial charge in [-0.15, -0.1) is 0 Å². The van der Waals surface area contributed by atoms with Gasteiger partial charge in [0, 0.05) is 25.7 Å². The Kier molecular flexibility index (Phi) is 4.57. The second kappa shape index (κ2) is 5.95. The molecule has 0 aliphatic carbocycles. The molecule has 0 bridgehead atoms. The molecule has 0 atom stereocenters. The topological polar surface area (TPSA) is 80.0 Å². The molecular weight excluding hydrogens is 204 g/mol. The first kappa shape index (κ1) is 12.3. The summed E-state index contributed by atoms with van der Waals surface area (Å²) < 4.78 is 0. The van der Waals surface area contributed by atoms with Crippen LogP contribution in [0.15, 0.2) is 12.3 Å². The number of anilines is 2. The quantitative estimate of drug-likeness (QED) is 0.647. The first-order valence-corrected chi connectivity index (χ1v) is 5.36. The van der Waals surface area contributed by atoms with Crippen molar-refractivity contribution >= 4 is 17.4 Å². The lowest BCUT2D eigenvalue weighted by Gasteiger charge is -2.10. The molecule has 0 aliphatic heterocycles. The highest BCUT2D eigenvalue weighted by Gasteiger charge is 2.02. The maximum Gasteiger partial charge on any atom is 0.219 e. The van der Waals surface area contributed by atoms with Gasteiger partial charge in [0.2, 0.25) is 5.91 Å².